The second-order valence-corrected chi connectivity index (χ2v) is 8.39. The Morgan fingerprint density at radius 2 is 1.96 bits per heavy atom. The smallest absolute Gasteiger partial charge is 0.243 e. The number of piperidine rings is 1. The van der Waals surface area contributed by atoms with Crippen LogP contribution in [0.1, 0.15) is 31.2 Å². The molecule has 2 fully saturated rings. The Labute approximate surface area is 143 Å². The molecular formula is C17H25N3O3S. The molecule has 24 heavy (non-hydrogen) atoms. The monoisotopic (exact) mass is 351 g/mol. The molecule has 2 aliphatic heterocycles. The summed E-state index contributed by atoms with van der Waals surface area (Å²) in [5.74, 6) is -0.0268. The fraction of sp³-hybridized carbons (Fsp3) is 0.588. The van der Waals surface area contributed by atoms with Crippen LogP contribution in [0.3, 0.4) is 0 Å². The van der Waals surface area contributed by atoms with E-state index in [1.165, 1.54) is 0 Å². The van der Waals surface area contributed by atoms with Crippen LogP contribution in [-0.2, 0) is 21.4 Å². The third-order valence-electron chi connectivity index (χ3n) is 4.79. The molecule has 1 unspecified atom stereocenters. The van der Waals surface area contributed by atoms with Crippen LogP contribution in [0.2, 0.25) is 0 Å². The molecule has 1 aromatic rings. The number of benzene rings is 1. The molecule has 132 valence electrons. The lowest BCUT2D eigenvalue weighted by molar-refractivity contribution is -0.124. The van der Waals surface area contributed by atoms with Gasteiger partial charge in [0.05, 0.1) is 10.8 Å². The number of carbonyl (C=O) groups excluding carboxylic acids is 1. The van der Waals surface area contributed by atoms with Gasteiger partial charge in [0.1, 0.15) is 0 Å². The molecule has 0 spiro atoms. The van der Waals surface area contributed by atoms with Gasteiger partial charge in [0.25, 0.3) is 0 Å². The minimum atomic E-state index is -3.49. The molecule has 0 saturated carbocycles. The first-order valence-corrected chi connectivity index (χ1v) is 10.1. The molecule has 0 aliphatic carbocycles. The molecule has 3 rings (SSSR count). The lowest BCUT2D eigenvalue weighted by Crippen LogP contribution is -2.37. The minimum absolute atomic E-state index is 0.00910. The number of sulfonamides is 1. The average molecular weight is 351 g/mol. The van der Waals surface area contributed by atoms with Gasteiger partial charge in [-0.2, -0.15) is 4.31 Å². The van der Waals surface area contributed by atoms with Crippen LogP contribution in [0.5, 0.6) is 0 Å². The predicted octanol–water partition coefficient (Wildman–Crippen LogP) is 1.09. The second kappa shape index (κ2) is 7.63. The van der Waals surface area contributed by atoms with Crippen molar-refractivity contribution in [2.24, 2.45) is 5.92 Å². The van der Waals surface area contributed by atoms with Gasteiger partial charge in [-0.15, -0.1) is 0 Å². The van der Waals surface area contributed by atoms with Crippen LogP contribution in [0.15, 0.2) is 29.2 Å². The number of nitrogens with one attached hydrogen (secondary N) is 2. The van der Waals surface area contributed by atoms with Gasteiger partial charge in [0.15, 0.2) is 0 Å². The highest BCUT2D eigenvalue weighted by Gasteiger charge is 2.28. The number of nitrogens with zero attached hydrogens (tertiary/aromatic N) is 1. The third-order valence-corrected chi connectivity index (χ3v) is 6.79. The predicted molar refractivity (Wildman–Crippen MR) is 91.9 cm³/mol. The average Bonchev–Trinajstić information content (AvgIpc) is 3.15. The van der Waals surface area contributed by atoms with Crippen molar-refractivity contribution in [2.45, 2.75) is 37.1 Å². The van der Waals surface area contributed by atoms with Crippen molar-refractivity contribution in [3.63, 3.8) is 0 Å². The molecule has 2 N–H and O–H groups in total. The van der Waals surface area contributed by atoms with Gasteiger partial charge in [-0.1, -0.05) is 24.6 Å². The zero-order chi connectivity index (χ0) is 17.0. The first-order valence-electron chi connectivity index (χ1n) is 8.65. The summed E-state index contributed by atoms with van der Waals surface area (Å²) in [7, 11) is -3.49. The van der Waals surface area contributed by atoms with E-state index in [2.05, 4.69) is 10.6 Å². The maximum Gasteiger partial charge on any atom is 0.243 e. The molecule has 1 amide bonds. The lowest BCUT2D eigenvalue weighted by Gasteiger charge is -2.27. The Kier molecular flexibility index (Phi) is 5.53. The highest BCUT2D eigenvalue weighted by molar-refractivity contribution is 7.89. The quantitative estimate of drug-likeness (QED) is 0.832. The fourth-order valence-corrected chi connectivity index (χ4v) is 5.09. The van der Waals surface area contributed by atoms with E-state index in [9.17, 15) is 13.2 Å². The summed E-state index contributed by atoms with van der Waals surface area (Å²) in [5, 5.41) is 6.06. The Bertz CT molecular complexity index is 678. The SMILES string of the molecule is O=C(NCc1ccccc1S(=O)(=O)N1CCCCC1)C1CCNC1. The van der Waals surface area contributed by atoms with Crippen LogP contribution >= 0.6 is 0 Å². The topological polar surface area (TPSA) is 78.5 Å². The van der Waals surface area contributed by atoms with Gasteiger partial charge >= 0.3 is 0 Å². The normalized spacial score (nSPS) is 22.4. The summed E-state index contributed by atoms with van der Waals surface area (Å²) >= 11 is 0. The van der Waals surface area contributed by atoms with Crippen LogP contribution in [-0.4, -0.2) is 44.8 Å². The Hall–Kier alpha value is -1.44. The minimum Gasteiger partial charge on any atom is -0.352 e. The van der Waals surface area contributed by atoms with E-state index in [-0.39, 0.29) is 18.4 Å². The molecule has 2 heterocycles. The largest absolute Gasteiger partial charge is 0.352 e. The summed E-state index contributed by atoms with van der Waals surface area (Å²) in [6, 6.07) is 6.98. The molecule has 0 aromatic heterocycles. The molecule has 6 nitrogen and oxygen atoms in total. The number of amides is 1. The third kappa shape index (κ3) is 3.79. The first kappa shape index (κ1) is 17.4. The second-order valence-electron chi connectivity index (χ2n) is 6.48. The van der Waals surface area contributed by atoms with Crippen LogP contribution in [0.25, 0.3) is 0 Å². The van der Waals surface area contributed by atoms with E-state index < -0.39 is 10.0 Å². The number of carbonyl (C=O) groups is 1. The standard InChI is InChI=1S/C17H25N3O3S/c21-17(15-8-9-18-12-15)19-13-14-6-2-3-7-16(14)24(22,23)20-10-4-1-5-11-20/h2-3,6-7,15,18H,1,4-5,8-13H2,(H,19,21). The number of hydrogen-bond donors (Lipinski definition) is 2. The Balaban J connectivity index is 1.73. The molecule has 1 atom stereocenters. The van der Waals surface area contributed by atoms with Crippen molar-refractivity contribution in [3.05, 3.63) is 29.8 Å². The zero-order valence-corrected chi connectivity index (χ0v) is 14.6. The summed E-state index contributed by atoms with van der Waals surface area (Å²) < 4.78 is 27.4. The van der Waals surface area contributed by atoms with E-state index in [0.717, 1.165) is 32.2 Å². The van der Waals surface area contributed by atoms with E-state index in [1.54, 1.807) is 22.5 Å². The van der Waals surface area contributed by atoms with Gasteiger partial charge in [-0.05, 0) is 37.4 Å². The van der Waals surface area contributed by atoms with Crippen molar-refractivity contribution in [2.75, 3.05) is 26.2 Å². The number of rotatable bonds is 5. The van der Waals surface area contributed by atoms with E-state index in [1.807, 2.05) is 6.07 Å². The zero-order valence-electron chi connectivity index (χ0n) is 13.8. The Morgan fingerprint density at radius 3 is 2.67 bits per heavy atom. The lowest BCUT2D eigenvalue weighted by atomic mass is 10.1. The number of hydrogen-bond acceptors (Lipinski definition) is 4. The molecule has 1 aromatic carbocycles. The van der Waals surface area contributed by atoms with Crippen molar-refractivity contribution in [1.82, 2.24) is 14.9 Å². The molecule has 2 aliphatic rings. The van der Waals surface area contributed by atoms with Crippen molar-refractivity contribution >= 4 is 15.9 Å². The molecule has 7 heteroatoms. The van der Waals surface area contributed by atoms with Crippen molar-refractivity contribution in [3.8, 4) is 0 Å². The van der Waals surface area contributed by atoms with E-state index in [4.69, 9.17) is 0 Å². The van der Waals surface area contributed by atoms with E-state index in [0.29, 0.717) is 30.1 Å². The fourth-order valence-electron chi connectivity index (χ4n) is 3.35. The summed E-state index contributed by atoms with van der Waals surface area (Å²) in [4.78, 5) is 12.5. The highest BCUT2D eigenvalue weighted by atomic mass is 32.2. The summed E-state index contributed by atoms with van der Waals surface area (Å²) in [6.45, 7) is 2.96. The van der Waals surface area contributed by atoms with Crippen LogP contribution in [0, 0.1) is 5.92 Å². The molecule has 0 radical (unpaired) electrons. The summed E-state index contributed by atoms with van der Waals surface area (Å²) in [6.07, 6.45) is 3.73. The van der Waals surface area contributed by atoms with Crippen LogP contribution < -0.4 is 10.6 Å². The van der Waals surface area contributed by atoms with E-state index >= 15 is 0 Å². The van der Waals surface area contributed by atoms with Gasteiger partial charge in [-0.3, -0.25) is 4.79 Å². The van der Waals surface area contributed by atoms with Crippen LogP contribution in [0.4, 0.5) is 0 Å². The molecule has 0 bridgehead atoms. The van der Waals surface area contributed by atoms with Crippen molar-refractivity contribution in [1.29, 1.82) is 0 Å². The summed E-state index contributed by atoms with van der Waals surface area (Å²) in [5.41, 5.74) is 0.655. The maximum absolute atomic E-state index is 12.9. The van der Waals surface area contributed by atoms with Crippen molar-refractivity contribution < 1.29 is 13.2 Å². The first-order chi connectivity index (χ1) is 11.6. The molecule has 2 saturated heterocycles. The highest BCUT2D eigenvalue weighted by Crippen LogP contribution is 2.23. The van der Waals surface area contributed by atoms with Gasteiger partial charge in [-0.25, -0.2) is 8.42 Å². The maximum atomic E-state index is 12.9. The van der Waals surface area contributed by atoms with Gasteiger partial charge in [0, 0.05) is 26.2 Å². The Morgan fingerprint density at radius 1 is 1.21 bits per heavy atom. The van der Waals surface area contributed by atoms with Gasteiger partial charge in [0.2, 0.25) is 15.9 Å². The van der Waals surface area contributed by atoms with Gasteiger partial charge < -0.3 is 10.6 Å². The molecular weight excluding hydrogens is 326 g/mol.